The fraction of sp³-hybridized carbons (Fsp3) is 0.233. The Morgan fingerprint density at radius 2 is 1.89 bits per heavy atom. The number of benzene rings is 2. The predicted octanol–water partition coefficient (Wildman–Crippen LogP) is 5.46. The number of amides is 2. The molecule has 4 heterocycles. The molecule has 2 aliphatic heterocycles. The van der Waals surface area contributed by atoms with Gasteiger partial charge in [-0.1, -0.05) is 38.1 Å². The van der Waals surface area contributed by atoms with Crippen LogP contribution in [0.1, 0.15) is 48.4 Å². The third kappa shape index (κ3) is 3.63. The van der Waals surface area contributed by atoms with Crippen LogP contribution >= 0.6 is 0 Å². The monoisotopic (exact) mass is 509 g/mol. The van der Waals surface area contributed by atoms with Gasteiger partial charge in [0.25, 0.3) is 5.91 Å². The third-order valence-corrected chi connectivity index (χ3v) is 7.21. The third-order valence-electron chi connectivity index (χ3n) is 7.21. The molecule has 1 unspecified atom stereocenters. The Hall–Kier alpha value is -4.59. The number of furan rings is 1. The Morgan fingerprint density at radius 3 is 2.63 bits per heavy atom. The van der Waals surface area contributed by atoms with Crippen molar-refractivity contribution in [2.75, 3.05) is 11.9 Å². The van der Waals surface area contributed by atoms with E-state index < -0.39 is 11.9 Å². The number of carbonyl (C=O) groups is 3. The van der Waals surface area contributed by atoms with Crippen LogP contribution < -0.4 is 5.32 Å². The van der Waals surface area contributed by atoms with Crippen LogP contribution in [-0.4, -0.2) is 38.9 Å². The Morgan fingerprint density at radius 1 is 1.11 bits per heavy atom. The molecule has 1 atom stereocenters. The standard InChI is InChI=1S/C30H27N3O5/c1-16(2)13-32-14-20-26-21(9-6-10-23(26)32)31-22-15-33(17(3)34)29(35)28(22)27(20)25-12-11-24(38-25)18-7-4-5-8-19(18)30(36)37/h4-12,14,16,27,31H,13,15H2,1-3H3,(H,36,37). The second kappa shape index (κ2) is 8.76. The molecule has 2 aliphatic rings. The lowest BCUT2D eigenvalue weighted by Crippen LogP contribution is -2.33. The van der Waals surface area contributed by atoms with Gasteiger partial charge in [0.1, 0.15) is 11.5 Å². The van der Waals surface area contributed by atoms with E-state index in [1.807, 2.05) is 12.1 Å². The molecule has 192 valence electrons. The van der Waals surface area contributed by atoms with Crippen molar-refractivity contribution < 1.29 is 23.9 Å². The fourth-order valence-electron chi connectivity index (χ4n) is 5.65. The number of aromatic nitrogens is 1. The highest BCUT2D eigenvalue weighted by Gasteiger charge is 2.43. The Kier molecular flexibility index (Phi) is 5.48. The van der Waals surface area contributed by atoms with Crippen LogP contribution in [0.3, 0.4) is 0 Å². The van der Waals surface area contributed by atoms with Gasteiger partial charge >= 0.3 is 5.97 Å². The Bertz CT molecular complexity index is 1670. The molecule has 6 rings (SSSR count). The maximum Gasteiger partial charge on any atom is 0.336 e. The van der Waals surface area contributed by atoms with Crippen molar-refractivity contribution in [1.29, 1.82) is 0 Å². The number of carbonyl (C=O) groups excluding carboxylic acids is 2. The number of hydrogen-bond donors (Lipinski definition) is 2. The molecule has 8 nitrogen and oxygen atoms in total. The van der Waals surface area contributed by atoms with E-state index in [4.69, 9.17) is 4.42 Å². The zero-order chi connectivity index (χ0) is 26.7. The van der Waals surface area contributed by atoms with Crippen molar-refractivity contribution >= 4 is 34.4 Å². The first-order valence-corrected chi connectivity index (χ1v) is 12.6. The van der Waals surface area contributed by atoms with E-state index in [1.165, 1.54) is 17.9 Å². The van der Waals surface area contributed by atoms with E-state index in [1.54, 1.807) is 30.3 Å². The molecule has 2 N–H and O–H groups in total. The van der Waals surface area contributed by atoms with E-state index >= 15 is 0 Å². The maximum absolute atomic E-state index is 13.7. The first-order valence-electron chi connectivity index (χ1n) is 12.6. The largest absolute Gasteiger partial charge is 0.478 e. The highest BCUT2D eigenvalue weighted by molar-refractivity contribution is 6.11. The fourth-order valence-corrected chi connectivity index (χ4v) is 5.65. The zero-order valence-electron chi connectivity index (χ0n) is 21.3. The van der Waals surface area contributed by atoms with Crippen molar-refractivity contribution in [3.8, 4) is 11.3 Å². The summed E-state index contributed by atoms with van der Waals surface area (Å²) < 4.78 is 8.55. The smallest absolute Gasteiger partial charge is 0.336 e. The van der Waals surface area contributed by atoms with Gasteiger partial charge in [-0.3, -0.25) is 14.5 Å². The lowest BCUT2D eigenvalue weighted by atomic mass is 9.88. The number of carboxylic acid groups (broad SMARTS) is 1. The van der Waals surface area contributed by atoms with E-state index in [9.17, 15) is 19.5 Å². The van der Waals surface area contributed by atoms with Gasteiger partial charge in [-0.2, -0.15) is 0 Å². The lowest BCUT2D eigenvalue weighted by Gasteiger charge is -2.17. The summed E-state index contributed by atoms with van der Waals surface area (Å²) in [4.78, 5) is 39.1. The molecule has 8 heteroatoms. The quantitative estimate of drug-likeness (QED) is 0.370. The topological polar surface area (TPSA) is 105 Å². The highest BCUT2D eigenvalue weighted by atomic mass is 16.4. The predicted molar refractivity (Wildman–Crippen MR) is 143 cm³/mol. The van der Waals surface area contributed by atoms with Crippen LogP contribution in [-0.2, 0) is 16.1 Å². The average molecular weight is 510 g/mol. The second-order valence-corrected chi connectivity index (χ2v) is 10.2. The molecule has 0 spiro atoms. The number of nitrogens with one attached hydrogen (secondary N) is 1. The molecule has 0 aliphatic carbocycles. The Balaban J connectivity index is 1.58. The van der Waals surface area contributed by atoms with E-state index in [2.05, 4.69) is 36.0 Å². The van der Waals surface area contributed by atoms with Crippen molar-refractivity contribution in [1.82, 2.24) is 9.47 Å². The number of nitrogens with zero attached hydrogens (tertiary/aromatic N) is 2. The van der Waals surface area contributed by atoms with Crippen molar-refractivity contribution in [2.24, 2.45) is 5.92 Å². The second-order valence-electron chi connectivity index (χ2n) is 10.2. The number of anilines is 1. The molecule has 2 aromatic carbocycles. The van der Waals surface area contributed by atoms with Gasteiger partial charge in [-0.15, -0.1) is 0 Å². The van der Waals surface area contributed by atoms with Gasteiger partial charge in [0.15, 0.2) is 0 Å². The van der Waals surface area contributed by atoms with Gasteiger partial charge in [-0.25, -0.2) is 4.79 Å². The minimum atomic E-state index is -1.05. The normalized spacial score (nSPS) is 16.7. The summed E-state index contributed by atoms with van der Waals surface area (Å²) in [5.41, 5.74) is 4.54. The van der Waals surface area contributed by atoms with Crippen LogP contribution in [0.4, 0.5) is 5.69 Å². The van der Waals surface area contributed by atoms with Crippen LogP contribution in [0, 0.1) is 5.92 Å². The SMILES string of the molecule is CC(=O)N1CC2=C(C1=O)C(c1ccc(-c3ccccc3C(=O)O)o1)c1cn(CC(C)C)c3cccc(c13)N2. The van der Waals surface area contributed by atoms with Gasteiger partial charge in [0.2, 0.25) is 5.91 Å². The molecule has 0 saturated carbocycles. The molecule has 2 amide bonds. The number of imide groups is 1. The van der Waals surface area contributed by atoms with E-state index in [-0.39, 0.29) is 23.9 Å². The van der Waals surface area contributed by atoms with Crippen molar-refractivity contribution in [3.05, 3.63) is 89.0 Å². The van der Waals surface area contributed by atoms with E-state index in [0.717, 1.165) is 28.7 Å². The molecule has 4 aromatic rings. The first kappa shape index (κ1) is 23.8. The first-order chi connectivity index (χ1) is 18.2. The summed E-state index contributed by atoms with van der Waals surface area (Å²) in [6, 6.07) is 16.2. The highest BCUT2D eigenvalue weighted by Crippen LogP contribution is 2.47. The average Bonchev–Trinajstić information content (AvgIpc) is 3.55. The lowest BCUT2D eigenvalue weighted by molar-refractivity contribution is -0.139. The molecule has 38 heavy (non-hydrogen) atoms. The molecular formula is C30H27N3O5. The molecule has 0 saturated heterocycles. The van der Waals surface area contributed by atoms with Crippen LogP contribution in [0.2, 0.25) is 0 Å². The number of carboxylic acids is 1. The number of hydrogen-bond acceptors (Lipinski definition) is 5. The number of aromatic carboxylic acids is 1. The molecule has 2 aromatic heterocycles. The summed E-state index contributed by atoms with van der Waals surface area (Å²) in [5.74, 6) is -1.01. The van der Waals surface area contributed by atoms with Gasteiger partial charge in [0.05, 0.1) is 29.1 Å². The summed E-state index contributed by atoms with van der Waals surface area (Å²) in [6.07, 6.45) is 2.08. The summed E-state index contributed by atoms with van der Waals surface area (Å²) >= 11 is 0. The molecule has 0 radical (unpaired) electrons. The van der Waals surface area contributed by atoms with E-state index in [0.29, 0.717) is 34.3 Å². The molecule has 0 fully saturated rings. The summed E-state index contributed by atoms with van der Waals surface area (Å²) in [5, 5.41) is 14.2. The van der Waals surface area contributed by atoms with Crippen molar-refractivity contribution in [3.63, 3.8) is 0 Å². The van der Waals surface area contributed by atoms with Gasteiger partial charge in [-0.05, 0) is 41.8 Å². The van der Waals surface area contributed by atoms with Crippen molar-refractivity contribution in [2.45, 2.75) is 33.2 Å². The Labute approximate surface area is 219 Å². The molecule has 0 bridgehead atoms. The van der Waals surface area contributed by atoms with Gasteiger partial charge in [0, 0.05) is 42.0 Å². The summed E-state index contributed by atoms with van der Waals surface area (Å²) in [6.45, 7) is 6.64. The molecular weight excluding hydrogens is 482 g/mol. The zero-order valence-corrected chi connectivity index (χ0v) is 21.3. The van der Waals surface area contributed by atoms with Crippen LogP contribution in [0.15, 0.2) is 76.5 Å². The summed E-state index contributed by atoms with van der Waals surface area (Å²) in [7, 11) is 0. The van der Waals surface area contributed by atoms with Crippen LogP contribution in [0.25, 0.3) is 22.2 Å². The van der Waals surface area contributed by atoms with Gasteiger partial charge < -0.3 is 19.4 Å². The van der Waals surface area contributed by atoms with Crippen LogP contribution in [0.5, 0.6) is 0 Å². The minimum Gasteiger partial charge on any atom is -0.478 e. The minimum absolute atomic E-state index is 0.131. The number of rotatable bonds is 5. The maximum atomic E-state index is 13.7.